The highest BCUT2D eigenvalue weighted by molar-refractivity contribution is 5.81. The SMILES string of the molecule is CCN(CC(=O)NCc1cc(OC)c(OC)cc1OC)c1ccccc1. The van der Waals surface area contributed by atoms with Gasteiger partial charge in [0.1, 0.15) is 5.75 Å². The molecule has 0 aliphatic heterocycles. The van der Waals surface area contributed by atoms with E-state index in [4.69, 9.17) is 14.2 Å². The Morgan fingerprint density at radius 1 is 0.962 bits per heavy atom. The van der Waals surface area contributed by atoms with Crippen molar-refractivity contribution in [3.8, 4) is 17.2 Å². The van der Waals surface area contributed by atoms with Crippen LogP contribution in [0.4, 0.5) is 5.69 Å². The predicted molar refractivity (Wildman–Crippen MR) is 102 cm³/mol. The van der Waals surface area contributed by atoms with Crippen LogP contribution in [0, 0.1) is 0 Å². The number of nitrogens with zero attached hydrogens (tertiary/aromatic N) is 1. The van der Waals surface area contributed by atoms with Gasteiger partial charge < -0.3 is 24.4 Å². The molecule has 0 fully saturated rings. The minimum atomic E-state index is -0.0625. The summed E-state index contributed by atoms with van der Waals surface area (Å²) in [5.41, 5.74) is 1.84. The summed E-state index contributed by atoms with van der Waals surface area (Å²) in [5.74, 6) is 1.75. The first-order valence-electron chi connectivity index (χ1n) is 8.48. The lowest BCUT2D eigenvalue weighted by Gasteiger charge is -2.22. The minimum Gasteiger partial charge on any atom is -0.496 e. The molecule has 0 saturated carbocycles. The maximum atomic E-state index is 12.4. The second kappa shape index (κ2) is 9.56. The molecule has 1 amide bonds. The number of rotatable bonds is 9. The summed E-state index contributed by atoms with van der Waals surface area (Å²) < 4.78 is 16.0. The van der Waals surface area contributed by atoms with E-state index in [1.807, 2.05) is 48.2 Å². The smallest absolute Gasteiger partial charge is 0.239 e. The van der Waals surface area contributed by atoms with E-state index in [0.29, 0.717) is 23.8 Å². The molecule has 2 aromatic rings. The highest BCUT2D eigenvalue weighted by Crippen LogP contribution is 2.34. The molecular formula is C20H26N2O4. The van der Waals surface area contributed by atoms with Crippen molar-refractivity contribution in [2.24, 2.45) is 0 Å². The lowest BCUT2D eigenvalue weighted by molar-refractivity contribution is -0.119. The molecule has 0 heterocycles. The van der Waals surface area contributed by atoms with E-state index in [2.05, 4.69) is 5.32 Å². The molecule has 0 bridgehead atoms. The summed E-state index contributed by atoms with van der Waals surface area (Å²) in [6.45, 7) is 3.40. The van der Waals surface area contributed by atoms with Crippen LogP contribution in [-0.2, 0) is 11.3 Å². The number of likely N-dealkylation sites (N-methyl/N-ethyl adjacent to an activating group) is 1. The predicted octanol–water partition coefficient (Wildman–Crippen LogP) is 2.86. The van der Waals surface area contributed by atoms with Crippen molar-refractivity contribution >= 4 is 11.6 Å². The van der Waals surface area contributed by atoms with Crippen molar-refractivity contribution < 1.29 is 19.0 Å². The largest absolute Gasteiger partial charge is 0.496 e. The minimum absolute atomic E-state index is 0.0625. The van der Waals surface area contributed by atoms with E-state index >= 15 is 0 Å². The molecule has 0 atom stereocenters. The fraction of sp³-hybridized carbons (Fsp3) is 0.350. The summed E-state index contributed by atoms with van der Waals surface area (Å²) in [6.07, 6.45) is 0. The molecule has 26 heavy (non-hydrogen) atoms. The van der Waals surface area contributed by atoms with Crippen molar-refractivity contribution in [2.45, 2.75) is 13.5 Å². The maximum absolute atomic E-state index is 12.4. The molecule has 6 nitrogen and oxygen atoms in total. The Hall–Kier alpha value is -2.89. The molecule has 0 unspecified atom stereocenters. The number of nitrogens with one attached hydrogen (secondary N) is 1. The number of hydrogen-bond donors (Lipinski definition) is 1. The van der Waals surface area contributed by atoms with Gasteiger partial charge in [-0.05, 0) is 25.1 Å². The number of hydrogen-bond acceptors (Lipinski definition) is 5. The molecule has 0 spiro atoms. The molecule has 2 aromatic carbocycles. The summed E-state index contributed by atoms with van der Waals surface area (Å²) in [7, 11) is 4.73. The van der Waals surface area contributed by atoms with Crippen LogP contribution < -0.4 is 24.4 Å². The Balaban J connectivity index is 2.04. The van der Waals surface area contributed by atoms with Gasteiger partial charge in [-0.2, -0.15) is 0 Å². The molecule has 0 aromatic heterocycles. The zero-order valence-electron chi connectivity index (χ0n) is 15.7. The van der Waals surface area contributed by atoms with Crippen molar-refractivity contribution in [1.82, 2.24) is 5.32 Å². The van der Waals surface area contributed by atoms with Gasteiger partial charge in [0.15, 0.2) is 11.5 Å². The van der Waals surface area contributed by atoms with E-state index in [0.717, 1.165) is 17.8 Å². The van der Waals surface area contributed by atoms with Crippen molar-refractivity contribution in [3.05, 3.63) is 48.0 Å². The van der Waals surface area contributed by atoms with Crippen molar-refractivity contribution in [2.75, 3.05) is 39.3 Å². The standard InChI is InChI=1S/C20H26N2O4/c1-5-22(16-9-7-6-8-10-16)14-20(23)21-13-15-11-18(25-3)19(26-4)12-17(15)24-2/h6-12H,5,13-14H2,1-4H3,(H,21,23). The number of para-hydroxylation sites is 1. The molecule has 1 N–H and O–H groups in total. The number of methoxy groups -OCH3 is 3. The molecule has 140 valence electrons. The molecular weight excluding hydrogens is 332 g/mol. The van der Waals surface area contributed by atoms with E-state index in [9.17, 15) is 4.79 Å². The summed E-state index contributed by atoms with van der Waals surface area (Å²) in [4.78, 5) is 14.4. The van der Waals surface area contributed by atoms with Gasteiger partial charge in [-0.15, -0.1) is 0 Å². The normalized spacial score (nSPS) is 10.2. The molecule has 6 heteroatoms. The highest BCUT2D eigenvalue weighted by Gasteiger charge is 2.14. The van der Waals surface area contributed by atoms with Crippen molar-refractivity contribution in [3.63, 3.8) is 0 Å². The summed E-state index contributed by atoms with van der Waals surface area (Å²) >= 11 is 0. The highest BCUT2D eigenvalue weighted by atomic mass is 16.5. The Morgan fingerprint density at radius 2 is 1.58 bits per heavy atom. The second-order valence-corrected chi connectivity index (χ2v) is 5.65. The number of carbonyl (C=O) groups is 1. The molecule has 2 rings (SSSR count). The van der Waals surface area contributed by atoms with Gasteiger partial charge in [0, 0.05) is 30.4 Å². The van der Waals surface area contributed by atoms with E-state index in [-0.39, 0.29) is 12.5 Å². The topological polar surface area (TPSA) is 60.0 Å². The van der Waals surface area contributed by atoms with Gasteiger partial charge in [0.25, 0.3) is 0 Å². The molecule has 0 aliphatic rings. The quantitative estimate of drug-likeness (QED) is 0.747. The average molecular weight is 358 g/mol. The van der Waals surface area contributed by atoms with Gasteiger partial charge in [0.05, 0.1) is 27.9 Å². The Morgan fingerprint density at radius 3 is 2.15 bits per heavy atom. The zero-order valence-corrected chi connectivity index (χ0v) is 15.7. The van der Waals surface area contributed by atoms with E-state index < -0.39 is 0 Å². The van der Waals surface area contributed by atoms with Crippen LogP contribution in [-0.4, -0.2) is 40.3 Å². The lowest BCUT2D eigenvalue weighted by atomic mass is 10.1. The summed E-state index contributed by atoms with van der Waals surface area (Å²) in [6, 6.07) is 13.4. The van der Waals surface area contributed by atoms with Crippen LogP contribution in [0.2, 0.25) is 0 Å². The van der Waals surface area contributed by atoms with Crippen molar-refractivity contribution in [1.29, 1.82) is 0 Å². The first-order chi connectivity index (χ1) is 12.6. The van der Waals surface area contributed by atoms with Gasteiger partial charge in [-0.25, -0.2) is 0 Å². The zero-order chi connectivity index (χ0) is 18.9. The van der Waals surface area contributed by atoms with Crippen LogP contribution in [0.15, 0.2) is 42.5 Å². The fourth-order valence-corrected chi connectivity index (χ4v) is 2.68. The second-order valence-electron chi connectivity index (χ2n) is 5.65. The first-order valence-corrected chi connectivity index (χ1v) is 8.48. The first kappa shape index (κ1) is 19.4. The van der Waals surface area contributed by atoms with E-state index in [1.54, 1.807) is 27.4 Å². The number of amides is 1. The third kappa shape index (κ3) is 4.81. The number of ether oxygens (including phenoxy) is 3. The Labute approximate surface area is 154 Å². The number of anilines is 1. The third-order valence-corrected chi connectivity index (χ3v) is 4.10. The molecule has 0 saturated heterocycles. The number of benzene rings is 2. The van der Waals surface area contributed by atoms with Gasteiger partial charge >= 0.3 is 0 Å². The monoisotopic (exact) mass is 358 g/mol. The van der Waals surface area contributed by atoms with Crippen LogP contribution in [0.1, 0.15) is 12.5 Å². The molecule has 0 radical (unpaired) electrons. The number of carbonyl (C=O) groups excluding carboxylic acids is 1. The third-order valence-electron chi connectivity index (χ3n) is 4.10. The fourth-order valence-electron chi connectivity index (χ4n) is 2.68. The van der Waals surface area contributed by atoms with Crippen LogP contribution in [0.3, 0.4) is 0 Å². The van der Waals surface area contributed by atoms with Gasteiger partial charge in [0.2, 0.25) is 5.91 Å². The van der Waals surface area contributed by atoms with Gasteiger partial charge in [-0.1, -0.05) is 18.2 Å². The van der Waals surface area contributed by atoms with Crippen LogP contribution in [0.25, 0.3) is 0 Å². The van der Waals surface area contributed by atoms with Crippen LogP contribution >= 0.6 is 0 Å². The van der Waals surface area contributed by atoms with Crippen LogP contribution in [0.5, 0.6) is 17.2 Å². The Bertz CT molecular complexity index is 719. The lowest BCUT2D eigenvalue weighted by Crippen LogP contribution is -2.37. The maximum Gasteiger partial charge on any atom is 0.239 e. The van der Waals surface area contributed by atoms with Gasteiger partial charge in [-0.3, -0.25) is 4.79 Å². The Kier molecular flexibility index (Phi) is 7.14. The van der Waals surface area contributed by atoms with E-state index in [1.165, 1.54) is 0 Å². The summed E-state index contributed by atoms with van der Waals surface area (Å²) in [5, 5.41) is 2.94. The molecule has 0 aliphatic carbocycles. The average Bonchev–Trinajstić information content (AvgIpc) is 2.70.